The number of methoxy groups -OCH3 is 1. The highest BCUT2D eigenvalue weighted by molar-refractivity contribution is 9.10. The van der Waals surface area contributed by atoms with Gasteiger partial charge in [-0.1, -0.05) is 13.8 Å². The predicted octanol–water partition coefficient (Wildman–Crippen LogP) is 3.61. The van der Waals surface area contributed by atoms with Gasteiger partial charge in [0.15, 0.2) is 17.3 Å². The van der Waals surface area contributed by atoms with Crippen molar-refractivity contribution in [2.45, 2.75) is 32.6 Å². The van der Waals surface area contributed by atoms with Crippen molar-refractivity contribution in [1.82, 2.24) is 0 Å². The molecule has 1 aliphatic carbocycles. The van der Waals surface area contributed by atoms with Crippen LogP contribution in [0, 0.1) is 16.7 Å². The molecule has 1 aromatic carbocycles. The second-order valence-electron chi connectivity index (χ2n) is 7.26. The van der Waals surface area contributed by atoms with Crippen molar-refractivity contribution < 1.29 is 19.4 Å². The number of aromatic hydroxyl groups is 1. The number of allylic oxidation sites excluding steroid dienone is 3. The summed E-state index contributed by atoms with van der Waals surface area (Å²) in [5.74, 6) is -0.0183. The van der Waals surface area contributed by atoms with Gasteiger partial charge in [-0.05, 0) is 39.0 Å². The van der Waals surface area contributed by atoms with Crippen LogP contribution in [-0.4, -0.2) is 18.0 Å². The Kier molecular flexibility index (Phi) is 4.49. The molecule has 0 saturated carbocycles. The van der Waals surface area contributed by atoms with Crippen LogP contribution in [0.15, 0.2) is 39.4 Å². The van der Waals surface area contributed by atoms with Gasteiger partial charge in [-0.2, -0.15) is 5.26 Å². The molecular weight excluding hydrogens is 400 g/mol. The summed E-state index contributed by atoms with van der Waals surface area (Å²) in [4.78, 5) is 12.9. The highest BCUT2D eigenvalue weighted by Crippen LogP contribution is 2.49. The van der Waals surface area contributed by atoms with Gasteiger partial charge in [-0.25, -0.2) is 0 Å². The third kappa shape index (κ3) is 2.95. The van der Waals surface area contributed by atoms with Gasteiger partial charge in [0.05, 0.1) is 17.5 Å². The van der Waals surface area contributed by atoms with Gasteiger partial charge in [-0.3, -0.25) is 4.79 Å². The Labute approximate surface area is 160 Å². The van der Waals surface area contributed by atoms with E-state index in [2.05, 4.69) is 22.0 Å². The van der Waals surface area contributed by atoms with Crippen molar-refractivity contribution in [3.8, 4) is 17.6 Å². The molecule has 0 fully saturated rings. The van der Waals surface area contributed by atoms with E-state index in [0.717, 1.165) is 0 Å². The molecule has 1 atom stereocenters. The van der Waals surface area contributed by atoms with Crippen LogP contribution in [0.4, 0.5) is 0 Å². The molecule has 1 heterocycles. The molecule has 0 amide bonds. The molecule has 0 saturated heterocycles. The number of carbonyl (C=O) groups is 1. The van der Waals surface area contributed by atoms with Crippen molar-refractivity contribution in [3.63, 3.8) is 0 Å². The van der Waals surface area contributed by atoms with E-state index >= 15 is 0 Å². The summed E-state index contributed by atoms with van der Waals surface area (Å²) in [6, 6.07) is 5.35. The maximum atomic E-state index is 12.9. The number of benzene rings is 1. The van der Waals surface area contributed by atoms with Crippen LogP contribution in [0.2, 0.25) is 0 Å². The monoisotopic (exact) mass is 418 g/mol. The standard InChI is InChI=1S/C19H19BrN2O4/c1-19(2)6-12(23)16-14(7-19)26-18(22)10(8-21)15(16)9-4-11(20)17(24)13(5-9)25-3/h4-5,15,24H,6-7,22H2,1-3H3/t15-/m0/s1. The first-order valence-electron chi connectivity index (χ1n) is 8.08. The minimum atomic E-state index is -0.654. The summed E-state index contributed by atoms with van der Waals surface area (Å²) in [5.41, 5.74) is 7.01. The van der Waals surface area contributed by atoms with Crippen LogP contribution in [0.5, 0.6) is 11.5 Å². The highest BCUT2D eigenvalue weighted by atomic mass is 79.9. The van der Waals surface area contributed by atoms with Crippen LogP contribution >= 0.6 is 15.9 Å². The van der Waals surface area contributed by atoms with Gasteiger partial charge in [0.2, 0.25) is 5.88 Å². The van der Waals surface area contributed by atoms with E-state index in [-0.39, 0.29) is 34.2 Å². The predicted molar refractivity (Wildman–Crippen MR) is 98.1 cm³/mol. The number of phenolic OH excluding ortho intramolecular Hbond substituents is 1. The first-order valence-corrected chi connectivity index (χ1v) is 8.88. The summed E-state index contributed by atoms with van der Waals surface area (Å²) in [7, 11) is 1.43. The number of hydrogen-bond donors (Lipinski definition) is 2. The lowest BCUT2D eigenvalue weighted by Gasteiger charge is -2.37. The number of ketones is 1. The molecule has 1 aromatic rings. The Bertz CT molecular complexity index is 909. The van der Waals surface area contributed by atoms with Gasteiger partial charge < -0.3 is 20.3 Å². The van der Waals surface area contributed by atoms with E-state index < -0.39 is 5.92 Å². The molecule has 0 bridgehead atoms. The molecule has 0 radical (unpaired) electrons. The average molecular weight is 419 g/mol. The molecule has 6 nitrogen and oxygen atoms in total. The fraction of sp³-hybridized carbons (Fsp3) is 0.368. The van der Waals surface area contributed by atoms with E-state index in [0.29, 0.717) is 34.2 Å². The molecule has 26 heavy (non-hydrogen) atoms. The van der Waals surface area contributed by atoms with Gasteiger partial charge in [0.25, 0.3) is 0 Å². The number of halogens is 1. The number of hydrogen-bond acceptors (Lipinski definition) is 6. The fourth-order valence-electron chi connectivity index (χ4n) is 3.53. The van der Waals surface area contributed by atoms with Crippen molar-refractivity contribution >= 4 is 21.7 Å². The molecule has 1 aliphatic heterocycles. The summed E-state index contributed by atoms with van der Waals surface area (Å²) in [5, 5.41) is 19.7. The number of nitrogens with two attached hydrogens (primary N) is 1. The zero-order valence-corrected chi connectivity index (χ0v) is 16.3. The van der Waals surface area contributed by atoms with E-state index in [4.69, 9.17) is 15.2 Å². The third-order valence-corrected chi connectivity index (χ3v) is 5.28. The van der Waals surface area contributed by atoms with E-state index in [1.807, 2.05) is 13.8 Å². The van der Waals surface area contributed by atoms with Crippen LogP contribution in [-0.2, 0) is 9.53 Å². The number of phenols is 1. The van der Waals surface area contributed by atoms with E-state index in [9.17, 15) is 15.2 Å². The second kappa shape index (κ2) is 6.36. The van der Waals surface area contributed by atoms with Crippen LogP contribution in [0.3, 0.4) is 0 Å². The quantitative estimate of drug-likeness (QED) is 0.759. The van der Waals surface area contributed by atoms with Gasteiger partial charge in [0.1, 0.15) is 17.4 Å². The maximum absolute atomic E-state index is 12.9. The minimum absolute atomic E-state index is 0.00455. The molecular formula is C19H19BrN2O4. The summed E-state index contributed by atoms with van der Waals surface area (Å²) in [6.45, 7) is 3.99. The van der Waals surface area contributed by atoms with Crippen LogP contribution in [0.1, 0.15) is 38.2 Å². The Hall–Kier alpha value is -2.46. The number of ether oxygens (including phenoxy) is 2. The Morgan fingerprint density at radius 2 is 2.12 bits per heavy atom. The maximum Gasteiger partial charge on any atom is 0.205 e. The number of nitriles is 1. The van der Waals surface area contributed by atoms with Crippen molar-refractivity contribution in [2.24, 2.45) is 11.1 Å². The van der Waals surface area contributed by atoms with Crippen molar-refractivity contribution in [3.05, 3.63) is 45.0 Å². The number of carbonyl (C=O) groups excluding carboxylic acids is 1. The summed E-state index contributed by atoms with van der Waals surface area (Å²) in [6.07, 6.45) is 0.918. The zero-order chi connectivity index (χ0) is 19.2. The van der Waals surface area contributed by atoms with Gasteiger partial charge >= 0.3 is 0 Å². The first kappa shape index (κ1) is 18.3. The Morgan fingerprint density at radius 1 is 1.42 bits per heavy atom. The zero-order valence-electron chi connectivity index (χ0n) is 14.7. The molecule has 136 valence electrons. The molecule has 0 unspecified atom stereocenters. The Balaban J connectivity index is 2.24. The lowest BCUT2D eigenvalue weighted by molar-refractivity contribution is -0.119. The number of Topliss-reactive ketones (excluding diaryl/α,β-unsaturated/α-hetero) is 1. The Morgan fingerprint density at radius 3 is 2.73 bits per heavy atom. The number of nitrogens with zero attached hydrogens (tertiary/aromatic N) is 1. The van der Waals surface area contributed by atoms with Gasteiger partial charge in [0, 0.05) is 18.4 Å². The van der Waals surface area contributed by atoms with E-state index in [1.165, 1.54) is 7.11 Å². The van der Waals surface area contributed by atoms with E-state index in [1.54, 1.807) is 12.1 Å². The van der Waals surface area contributed by atoms with Crippen LogP contribution < -0.4 is 10.5 Å². The molecule has 0 aromatic heterocycles. The lowest BCUT2D eigenvalue weighted by Crippen LogP contribution is -2.33. The smallest absolute Gasteiger partial charge is 0.205 e. The van der Waals surface area contributed by atoms with Gasteiger partial charge in [-0.15, -0.1) is 0 Å². The normalized spacial score (nSPS) is 21.8. The summed E-state index contributed by atoms with van der Waals surface area (Å²) >= 11 is 3.29. The number of rotatable bonds is 2. The highest BCUT2D eigenvalue weighted by Gasteiger charge is 2.43. The SMILES string of the molecule is COc1cc([C@H]2C(C#N)=C(N)OC3=C2C(=O)CC(C)(C)C3)cc(Br)c1O. The van der Waals surface area contributed by atoms with Crippen LogP contribution in [0.25, 0.3) is 0 Å². The molecule has 0 spiro atoms. The van der Waals surface area contributed by atoms with Crippen molar-refractivity contribution in [2.75, 3.05) is 7.11 Å². The fourth-order valence-corrected chi connectivity index (χ4v) is 3.99. The molecule has 2 aliphatic rings. The molecule has 7 heteroatoms. The van der Waals surface area contributed by atoms with Crippen molar-refractivity contribution in [1.29, 1.82) is 5.26 Å². The second-order valence-corrected chi connectivity index (χ2v) is 8.11. The molecule has 3 rings (SSSR count). The minimum Gasteiger partial charge on any atom is -0.503 e. The lowest BCUT2D eigenvalue weighted by atomic mass is 9.70. The molecule has 3 N–H and O–H groups in total. The topological polar surface area (TPSA) is 106 Å². The third-order valence-electron chi connectivity index (χ3n) is 4.68. The summed E-state index contributed by atoms with van der Waals surface area (Å²) < 4.78 is 11.3. The first-order chi connectivity index (χ1) is 12.2. The average Bonchev–Trinajstić information content (AvgIpc) is 2.54. The largest absolute Gasteiger partial charge is 0.503 e.